The summed E-state index contributed by atoms with van der Waals surface area (Å²) in [6, 6.07) is 9.61. The SMILES string of the molecule is COc1ccc2oc(C(=O)NCc3ccc(N4CCCCCC4)nc3)c(C)c2c1. The summed E-state index contributed by atoms with van der Waals surface area (Å²) in [6.07, 6.45) is 6.89. The zero-order valence-electron chi connectivity index (χ0n) is 17.0. The van der Waals surface area contributed by atoms with Crippen LogP contribution in [0.5, 0.6) is 5.75 Å². The predicted octanol–water partition coefficient (Wildman–Crippen LogP) is 4.46. The quantitative estimate of drug-likeness (QED) is 0.693. The van der Waals surface area contributed by atoms with Gasteiger partial charge in [-0.3, -0.25) is 4.79 Å². The van der Waals surface area contributed by atoms with Crippen LogP contribution in [0.25, 0.3) is 11.0 Å². The number of nitrogens with one attached hydrogen (secondary N) is 1. The van der Waals surface area contributed by atoms with Crippen molar-refractivity contribution in [2.75, 3.05) is 25.1 Å². The van der Waals surface area contributed by atoms with Gasteiger partial charge in [0.15, 0.2) is 5.76 Å². The Hall–Kier alpha value is -3.02. The number of hydrogen-bond donors (Lipinski definition) is 1. The molecule has 2 aromatic heterocycles. The molecule has 3 aromatic rings. The number of ether oxygens (including phenoxy) is 1. The van der Waals surface area contributed by atoms with Gasteiger partial charge < -0.3 is 19.4 Å². The van der Waals surface area contributed by atoms with Crippen LogP contribution in [-0.2, 0) is 6.54 Å². The first-order chi connectivity index (χ1) is 14.2. The summed E-state index contributed by atoms with van der Waals surface area (Å²) in [6.45, 7) is 4.43. The number of pyridine rings is 1. The van der Waals surface area contributed by atoms with Crippen molar-refractivity contribution in [1.82, 2.24) is 10.3 Å². The molecule has 0 spiro atoms. The van der Waals surface area contributed by atoms with Crippen LogP contribution in [0, 0.1) is 6.92 Å². The molecule has 6 heteroatoms. The molecule has 0 aliphatic carbocycles. The van der Waals surface area contributed by atoms with Gasteiger partial charge in [-0.1, -0.05) is 18.9 Å². The highest BCUT2D eigenvalue weighted by Crippen LogP contribution is 2.28. The van der Waals surface area contributed by atoms with Crippen LogP contribution in [0.1, 0.15) is 47.4 Å². The highest BCUT2D eigenvalue weighted by atomic mass is 16.5. The minimum Gasteiger partial charge on any atom is -0.497 e. The Kier molecular flexibility index (Phi) is 5.69. The van der Waals surface area contributed by atoms with E-state index in [0.29, 0.717) is 17.9 Å². The van der Waals surface area contributed by atoms with Gasteiger partial charge in [-0.05, 0) is 49.6 Å². The molecule has 0 unspecified atom stereocenters. The largest absolute Gasteiger partial charge is 0.497 e. The molecule has 1 aliphatic rings. The molecule has 0 bridgehead atoms. The standard InChI is InChI=1S/C23H27N3O3/c1-16-19-13-18(28-2)8-9-20(19)29-22(16)23(27)25-15-17-7-10-21(24-14-17)26-11-5-3-4-6-12-26/h7-10,13-14H,3-6,11-12,15H2,1-2H3,(H,25,27). The number of anilines is 1. The molecule has 0 atom stereocenters. The number of aryl methyl sites for hydroxylation is 1. The Morgan fingerprint density at radius 3 is 2.66 bits per heavy atom. The van der Waals surface area contributed by atoms with Crippen molar-refractivity contribution in [2.24, 2.45) is 0 Å². The molecule has 1 N–H and O–H groups in total. The Morgan fingerprint density at radius 1 is 1.17 bits per heavy atom. The Labute approximate surface area is 170 Å². The lowest BCUT2D eigenvalue weighted by molar-refractivity contribution is 0.0924. The molecular weight excluding hydrogens is 366 g/mol. The van der Waals surface area contributed by atoms with Crippen LogP contribution in [0.3, 0.4) is 0 Å². The van der Waals surface area contributed by atoms with Gasteiger partial charge in [0.2, 0.25) is 0 Å². The number of methoxy groups -OCH3 is 1. The van der Waals surface area contributed by atoms with Crippen molar-refractivity contribution >= 4 is 22.7 Å². The number of rotatable bonds is 5. The molecule has 4 rings (SSSR count). The van der Waals surface area contributed by atoms with E-state index in [1.807, 2.05) is 43.5 Å². The van der Waals surface area contributed by atoms with E-state index in [0.717, 1.165) is 41.2 Å². The lowest BCUT2D eigenvalue weighted by Crippen LogP contribution is -2.25. The van der Waals surface area contributed by atoms with Gasteiger partial charge in [-0.2, -0.15) is 0 Å². The van der Waals surface area contributed by atoms with E-state index in [4.69, 9.17) is 9.15 Å². The monoisotopic (exact) mass is 393 g/mol. The number of amides is 1. The number of furan rings is 1. The number of nitrogens with zero attached hydrogens (tertiary/aromatic N) is 2. The van der Waals surface area contributed by atoms with Gasteiger partial charge in [0, 0.05) is 36.8 Å². The maximum absolute atomic E-state index is 12.7. The molecule has 0 radical (unpaired) electrons. The van der Waals surface area contributed by atoms with Crippen molar-refractivity contribution in [2.45, 2.75) is 39.2 Å². The third-order valence-electron chi connectivity index (χ3n) is 5.54. The number of benzene rings is 1. The lowest BCUT2D eigenvalue weighted by Gasteiger charge is -2.21. The van der Waals surface area contributed by atoms with Crippen LogP contribution < -0.4 is 15.0 Å². The van der Waals surface area contributed by atoms with E-state index in [1.54, 1.807) is 7.11 Å². The number of fused-ring (bicyclic) bond motifs is 1. The van der Waals surface area contributed by atoms with E-state index in [1.165, 1.54) is 25.7 Å². The van der Waals surface area contributed by atoms with Gasteiger partial charge >= 0.3 is 0 Å². The average Bonchev–Trinajstić information content (AvgIpc) is 2.92. The fraction of sp³-hybridized carbons (Fsp3) is 0.391. The van der Waals surface area contributed by atoms with Crippen molar-refractivity contribution in [1.29, 1.82) is 0 Å². The van der Waals surface area contributed by atoms with E-state index in [-0.39, 0.29) is 5.91 Å². The Bertz CT molecular complexity index is 987. The topological polar surface area (TPSA) is 67.6 Å². The molecule has 1 aliphatic heterocycles. The molecule has 1 amide bonds. The molecule has 152 valence electrons. The summed E-state index contributed by atoms with van der Waals surface area (Å²) in [7, 11) is 1.62. The van der Waals surface area contributed by atoms with Gasteiger partial charge in [-0.15, -0.1) is 0 Å². The number of carbonyl (C=O) groups is 1. The number of carbonyl (C=O) groups excluding carboxylic acids is 1. The smallest absolute Gasteiger partial charge is 0.287 e. The summed E-state index contributed by atoms with van der Waals surface area (Å²) in [4.78, 5) is 19.6. The van der Waals surface area contributed by atoms with E-state index >= 15 is 0 Å². The van der Waals surface area contributed by atoms with Crippen LogP contribution in [0.2, 0.25) is 0 Å². The van der Waals surface area contributed by atoms with Crippen LogP contribution in [0.15, 0.2) is 40.9 Å². The van der Waals surface area contributed by atoms with Gasteiger partial charge in [0.1, 0.15) is 17.2 Å². The second kappa shape index (κ2) is 8.55. The highest BCUT2D eigenvalue weighted by molar-refractivity contribution is 5.99. The molecule has 1 aromatic carbocycles. The van der Waals surface area contributed by atoms with E-state index < -0.39 is 0 Å². The Morgan fingerprint density at radius 2 is 1.97 bits per heavy atom. The van der Waals surface area contributed by atoms with Crippen LogP contribution in [-0.4, -0.2) is 31.1 Å². The second-order valence-corrected chi connectivity index (χ2v) is 7.53. The second-order valence-electron chi connectivity index (χ2n) is 7.53. The van der Waals surface area contributed by atoms with Crippen molar-refractivity contribution in [3.05, 3.63) is 53.4 Å². The van der Waals surface area contributed by atoms with Crippen molar-refractivity contribution < 1.29 is 13.9 Å². The third kappa shape index (κ3) is 4.21. The molecule has 0 saturated carbocycles. The molecule has 1 fully saturated rings. The minimum atomic E-state index is -0.228. The molecular formula is C23H27N3O3. The first-order valence-corrected chi connectivity index (χ1v) is 10.2. The van der Waals surface area contributed by atoms with Gasteiger partial charge in [0.25, 0.3) is 5.91 Å². The van der Waals surface area contributed by atoms with Gasteiger partial charge in [0.05, 0.1) is 7.11 Å². The number of hydrogen-bond acceptors (Lipinski definition) is 5. The predicted molar refractivity (Wildman–Crippen MR) is 114 cm³/mol. The first kappa shape index (κ1) is 19.3. The third-order valence-corrected chi connectivity index (χ3v) is 5.54. The van der Waals surface area contributed by atoms with Crippen LogP contribution >= 0.6 is 0 Å². The molecule has 3 heterocycles. The van der Waals surface area contributed by atoms with E-state index in [2.05, 4.69) is 15.2 Å². The average molecular weight is 393 g/mol. The zero-order chi connectivity index (χ0) is 20.2. The normalized spacial score (nSPS) is 14.6. The number of aromatic nitrogens is 1. The zero-order valence-corrected chi connectivity index (χ0v) is 17.0. The van der Waals surface area contributed by atoms with Gasteiger partial charge in [-0.25, -0.2) is 4.98 Å². The fourth-order valence-electron chi connectivity index (χ4n) is 3.81. The summed E-state index contributed by atoms with van der Waals surface area (Å²) in [5.74, 6) is 1.87. The molecule has 29 heavy (non-hydrogen) atoms. The maximum atomic E-state index is 12.7. The minimum absolute atomic E-state index is 0.228. The Balaban J connectivity index is 1.41. The summed E-state index contributed by atoms with van der Waals surface area (Å²) < 4.78 is 11.0. The summed E-state index contributed by atoms with van der Waals surface area (Å²) in [5.41, 5.74) is 2.45. The molecule has 1 saturated heterocycles. The lowest BCUT2D eigenvalue weighted by atomic mass is 10.1. The maximum Gasteiger partial charge on any atom is 0.287 e. The van der Waals surface area contributed by atoms with Crippen molar-refractivity contribution in [3.63, 3.8) is 0 Å². The summed E-state index contributed by atoms with van der Waals surface area (Å²) >= 11 is 0. The van der Waals surface area contributed by atoms with E-state index in [9.17, 15) is 4.79 Å². The first-order valence-electron chi connectivity index (χ1n) is 10.2. The van der Waals surface area contributed by atoms with Crippen molar-refractivity contribution in [3.8, 4) is 5.75 Å². The van der Waals surface area contributed by atoms with Crippen LogP contribution in [0.4, 0.5) is 5.82 Å². The summed E-state index contributed by atoms with van der Waals surface area (Å²) in [5, 5.41) is 3.82. The fourth-order valence-corrected chi connectivity index (χ4v) is 3.81. The molecule has 6 nitrogen and oxygen atoms in total. The highest BCUT2D eigenvalue weighted by Gasteiger charge is 2.18.